The Bertz CT molecular complexity index is 617. The molecular formula is C17H24N2O6. The molecule has 2 amide bonds. The summed E-state index contributed by atoms with van der Waals surface area (Å²) in [6.45, 7) is 3.80. The number of rotatable bonds is 9. The average Bonchev–Trinajstić information content (AvgIpc) is 2.63. The highest BCUT2D eigenvalue weighted by Gasteiger charge is 2.16. The minimum absolute atomic E-state index is 0.254. The van der Waals surface area contributed by atoms with Crippen LogP contribution in [0.1, 0.15) is 30.6 Å². The van der Waals surface area contributed by atoms with Crippen LogP contribution >= 0.6 is 0 Å². The Balaban J connectivity index is 2.60. The van der Waals surface area contributed by atoms with Crippen molar-refractivity contribution in [1.29, 1.82) is 0 Å². The number of amides is 2. The van der Waals surface area contributed by atoms with E-state index in [4.69, 9.17) is 9.47 Å². The van der Waals surface area contributed by atoms with Crippen LogP contribution in [0.25, 0.3) is 0 Å². The summed E-state index contributed by atoms with van der Waals surface area (Å²) in [5.74, 6) is -0.610. The highest BCUT2D eigenvalue weighted by atomic mass is 16.5. The van der Waals surface area contributed by atoms with Gasteiger partial charge in [-0.3, -0.25) is 9.59 Å². The molecule has 0 heterocycles. The molecule has 0 spiro atoms. The monoisotopic (exact) mass is 352 g/mol. The van der Waals surface area contributed by atoms with Crippen molar-refractivity contribution in [2.45, 2.75) is 26.3 Å². The van der Waals surface area contributed by atoms with Gasteiger partial charge >= 0.3 is 5.97 Å². The van der Waals surface area contributed by atoms with E-state index in [9.17, 15) is 14.4 Å². The van der Waals surface area contributed by atoms with E-state index in [0.717, 1.165) is 6.42 Å². The number of nitrogens with one attached hydrogen (secondary N) is 2. The number of carbonyl (C=O) groups excluding carboxylic acids is 3. The predicted molar refractivity (Wildman–Crippen MR) is 90.7 cm³/mol. The molecule has 2 N–H and O–H groups in total. The summed E-state index contributed by atoms with van der Waals surface area (Å²) < 4.78 is 15.2. The van der Waals surface area contributed by atoms with Gasteiger partial charge in [-0.25, -0.2) is 4.79 Å². The summed E-state index contributed by atoms with van der Waals surface area (Å²) in [5.41, 5.74) is 0.303. The Kier molecular flexibility index (Phi) is 8.25. The van der Waals surface area contributed by atoms with Crippen molar-refractivity contribution < 1.29 is 28.6 Å². The van der Waals surface area contributed by atoms with Crippen LogP contribution < -0.4 is 20.1 Å². The molecule has 0 aliphatic carbocycles. The lowest BCUT2D eigenvalue weighted by molar-refractivity contribution is -0.129. The fourth-order valence-corrected chi connectivity index (χ4v) is 1.92. The van der Waals surface area contributed by atoms with Gasteiger partial charge < -0.3 is 24.8 Å². The molecule has 8 heteroatoms. The van der Waals surface area contributed by atoms with E-state index in [0.29, 0.717) is 23.6 Å². The fourth-order valence-electron chi connectivity index (χ4n) is 1.92. The lowest BCUT2D eigenvalue weighted by Crippen LogP contribution is -2.46. The van der Waals surface area contributed by atoms with Crippen molar-refractivity contribution in [3.63, 3.8) is 0 Å². The average molecular weight is 352 g/mol. The quantitative estimate of drug-likeness (QED) is 0.640. The molecule has 8 nitrogen and oxygen atoms in total. The Morgan fingerprint density at radius 2 is 1.88 bits per heavy atom. The van der Waals surface area contributed by atoms with Gasteiger partial charge in [0.1, 0.15) is 6.04 Å². The lowest BCUT2D eigenvalue weighted by Gasteiger charge is -2.15. The minimum Gasteiger partial charge on any atom is -0.493 e. The molecule has 0 unspecified atom stereocenters. The molecule has 0 saturated heterocycles. The molecule has 0 aliphatic heterocycles. The molecule has 25 heavy (non-hydrogen) atoms. The van der Waals surface area contributed by atoms with Crippen molar-refractivity contribution in [3.05, 3.63) is 23.8 Å². The largest absolute Gasteiger partial charge is 0.493 e. The summed E-state index contributed by atoms with van der Waals surface area (Å²) in [5, 5.41) is 5.24. The van der Waals surface area contributed by atoms with E-state index in [2.05, 4.69) is 15.4 Å². The number of carbonyl (C=O) groups is 3. The van der Waals surface area contributed by atoms with Gasteiger partial charge in [0.25, 0.3) is 5.91 Å². The highest BCUT2D eigenvalue weighted by molar-refractivity contribution is 5.90. The Labute approximate surface area is 146 Å². The van der Waals surface area contributed by atoms with Gasteiger partial charge in [0.05, 0.1) is 19.8 Å². The molecule has 0 aliphatic rings. The van der Waals surface area contributed by atoms with Crippen molar-refractivity contribution in [1.82, 2.24) is 10.6 Å². The zero-order valence-corrected chi connectivity index (χ0v) is 14.9. The fraction of sp³-hybridized carbons (Fsp3) is 0.471. The topological polar surface area (TPSA) is 103 Å². The maximum absolute atomic E-state index is 11.9. The first-order chi connectivity index (χ1) is 11.9. The third kappa shape index (κ3) is 6.33. The Hall–Kier alpha value is -2.77. The molecule has 0 aromatic heterocycles. The van der Waals surface area contributed by atoms with Crippen molar-refractivity contribution in [3.8, 4) is 11.5 Å². The van der Waals surface area contributed by atoms with Crippen LogP contribution in [-0.4, -0.2) is 51.2 Å². The van der Waals surface area contributed by atoms with Gasteiger partial charge in [-0.15, -0.1) is 0 Å². The Morgan fingerprint density at radius 3 is 2.48 bits per heavy atom. The number of benzene rings is 1. The maximum atomic E-state index is 11.9. The number of ether oxygens (including phenoxy) is 3. The third-order valence-corrected chi connectivity index (χ3v) is 3.26. The predicted octanol–water partition coefficient (Wildman–Crippen LogP) is 0.891. The standard InChI is InChI=1S/C17H24N2O6/c1-5-8-18-16(21)11(2)19-15(20)10-25-13-7-6-12(17(22)24-4)9-14(13)23-3/h6-7,9,11H,5,8,10H2,1-4H3,(H,18,21)(H,19,20)/t11-/m0/s1. The van der Waals surface area contributed by atoms with E-state index in [1.807, 2.05) is 6.92 Å². The maximum Gasteiger partial charge on any atom is 0.337 e. The van der Waals surface area contributed by atoms with Crippen LogP contribution in [0.3, 0.4) is 0 Å². The summed E-state index contributed by atoms with van der Waals surface area (Å²) in [6.07, 6.45) is 0.816. The number of hydrogen-bond acceptors (Lipinski definition) is 6. The molecule has 0 radical (unpaired) electrons. The van der Waals surface area contributed by atoms with Crippen LogP contribution in [-0.2, 0) is 14.3 Å². The van der Waals surface area contributed by atoms with Gasteiger partial charge in [-0.05, 0) is 31.5 Å². The number of methoxy groups -OCH3 is 2. The van der Waals surface area contributed by atoms with E-state index < -0.39 is 17.9 Å². The third-order valence-electron chi connectivity index (χ3n) is 3.26. The van der Waals surface area contributed by atoms with E-state index >= 15 is 0 Å². The number of hydrogen-bond donors (Lipinski definition) is 2. The molecule has 1 aromatic carbocycles. The van der Waals surface area contributed by atoms with Crippen LogP contribution in [0, 0.1) is 0 Å². The first kappa shape index (κ1) is 20.3. The normalized spacial score (nSPS) is 11.2. The second kappa shape index (κ2) is 10.2. The van der Waals surface area contributed by atoms with Gasteiger partial charge in [0.2, 0.25) is 5.91 Å². The summed E-state index contributed by atoms with van der Waals surface area (Å²) in [7, 11) is 2.70. The lowest BCUT2D eigenvalue weighted by atomic mass is 10.2. The summed E-state index contributed by atoms with van der Waals surface area (Å²) >= 11 is 0. The molecule has 138 valence electrons. The second-order valence-corrected chi connectivity index (χ2v) is 5.23. The molecule has 0 bridgehead atoms. The minimum atomic E-state index is -0.661. The van der Waals surface area contributed by atoms with Gasteiger partial charge in [0.15, 0.2) is 18.1 Å². The smallest absolute Gasteiger partial charge is 0.337 e. The molecule has 0 saturated carbocycles. The second-order valence-electron chi connectivity index (χ2n) is 5.23. The van der Waals surface area contributed by atoms with Crippen LogP contribution in [0.2, 0.25) is 0 Å². The molecule has 1 aromatic rings. The van der Waals surface area contributed by atoms with Crippen molar-refractivity contribution in [2.75, 3.05) is 27.4 Å². The molecule has 1 atom stereocenters. The van der Waals surface area contributed by atoms with Crippen LogP contribution in [0.5, 0.6) is 11.5 Å². The molecular weight excluding hydrogens is 328 g/mol. The van der Waals surface area contributed by atoms with Crippen LogP contribution in [0.15, 0.2) is 18.2 Å². The Morgan fingerprint density at radius 1 is 1.16 bits per heavy atom. The highest BCUT2D eigenvalue weighted by Crippen LogP contribution is 2.28. The van der Waals surface area contributed by atoms with Gasteiger partial charge in [0, 0.05) is 6.54 Å². The zero-order valence-electron chi connectivity index (χ0n) is 14.9. The van der Waals surface area contributed by atoms with Gasteiger partial charge in [-0.2, -0.15) is 0 Å². The molecule has 1 rings (SSSR count). The van der Waals surface area contributed by atoms with Crippen molar-refractivity contribution >= 4 is 17.8 Å². The molecule has 0 fully saturated rings. The van der Waals surface area contributed by atoms with Crippen molar-refractivity contribution in [2.24, 2.45) is 0 Å². The summed E-state index contributed by atoms with van der Waals surface area (Å²) in [6, 6.07) is 3.81. The van der Waals surface area contributed by atoms with E-state index in [-0.39, 0.29) is 12.5 Å². The first-order valence-electron chi connectivity index (χ1n) is 7.89. The summed E-state index contributed by atoms with van der Waals surface area (Å²) in [4.78, 5) is 35.1. The first-order valence-corrected chi connectivity index (χ1v) is 7.89. The van der Waals surface area contributed by atoms with E-state index in [1.54, 1.807) is 6.92 Å². The van der Waals surface area contributed by atoms with Crippen LogP contribution in [0.4, 0.5) is 0 Å². The zero-order chi connectivity index (χ0) is 18.8. The van der Waals surface area contributed by atoms with E-state index in [1.165, 1.54) is 32.4 Å². The van der Waals surface area contributed by atoms with Gasteiger partial charge in [-0.1, -0.05) is 6.92 Å². The number of esters is 1. The SMILES string of the molecule is CCCNC(=O)[C@H](C)NC(=O)COc1ccc(C(=O)OC)cc1OC.